The smallest absolute Gasteiger partial charge is 0.325 e. The van der Waals surface area contributed by atoms with E-state index < -0.39 is 54.3 Å². The Morgan fingerprint density at radius 3 is 2.07 bits per heavy atom. The second-order valence-electron chi connectivity index (χ2n) is 6.65. The second-order valence-corrected chi connectivity index (χ2v) is 6.65. The summed E-state index contributed by atoms with van der Waals surface area (Å²) in [5.41, 5.74) is 10.8. The first-order valence-corrected chi connectivity index (χ1v) is 8.58. The third-order valence-corrected chi connectivity index (χ3v) is 3.55. The first kappa shape index (κ1) is 24.3. The highest BCUT2D eigenvalue weighted by atomic mass is 16.4. The third-order valence-electron chi connectivity index (χ3n) is 3.55. The lowest BCUT2D eigenvalue weighted by Crippen LogP contribution is -2.53. The number of carbonyl (C=O) groups is 5. The van der Waals surface area contributed by atoms with Crippen molar-refractivity contribution in [2.24, 2.45) is 17.4 Å². The van der Waals surface area contributed by atoms with Crippen molar-refractivity contribution in [3.05, 3.63) is 0 Å². The maximum atomic E-state index is 12.2. The van der Waals surface area contributed by atoms with Crippen LogP contribution in [-0.4, -0.2) is 59.4 Å². The van der Waals surface area contributed by atoms with Gasteiger partial charge in [0.25, 0.3) is 0 Å². The molecule has 8 N–H and O–H groups in total. The largest absolute Gasteiger partial charge is 0.480 e. The lowest BCUT2D eigenvalue weighted by atomic mass is 10.0. The van der Waals surface area contributed by atoms with Crippen LogP contribution in [-0.2, 0) is 24.0 Å². The normalized spacial score (nSPS) is 14.0. The molecule has 27 heavy (non-hydrogen) atoms. The average molecular weight is 387 g/mol. The van der Waals surface area contributed by atoms with Crippen molar-refractivity contribution in [3.63, 3.8) is 0 Å². The summed E-state index contributed by atoms with van der Waals surface area (Å²) >= 11 is 0. The molecule has 0 saturated carbocycles. The minimum Gasteiger partial charge on any atom is -0.480 e. The molecule has 11 nitrogen and oxygen atoms in total. The minimum atomic E-state index is -1.22. The summed E-state index contributed by atoms with van der Waals surface area (Å²) in [6.07, 6.45) is 0.194. The summed E-state index contributed by atoms with van der Waals surface area (Å²) in [5.74, 6) is -3.68. The van der Waals surface area contributed by atoms with Crippen LogP contribution in [0.2, 0.25) is 0 Å². The van der Waals surface area contributed by atoms with E-state index in [4.69, 9.17) is 16.6 Å². The quantitative estimate of drug-likeness (QED) is 0.219. The van der Waals surface area contributed by atoms with E-state index in [1.54, 1.807) is 0 Å². The van der Waals surface area contributed by atoms with E-state index in [2.05, 4.69) is 16.0 Å². The molecule has 154 valence electrons. The number of primary amides is 1. The van der Waals surface area contributed by atoms with E-state index in [0.29, 0.717) is 6.42 Å². The van der Waals surface area contributed by atoms with Gasteiger partial charge in [-0.1, -0.05) is 13.8 Å². The predicted octanol–water partition coefficient (Wildman–Crippen LogP) is -2.18. The van der Waals surface area contributed by atoms with Gasteiger partial charge in [-0.05, 0) is 25.7 Å². The molecular weight excluding hydrogens is 358 g/mol. The molecule has 3 unspecified atom stereocenters. The number of aliphatic carboxylic acids is 1. The monoisotopic (exact) mass is 387 g/mol. The number of carboxylic acids is 1. The van der Waals surface area contributed by atoms with Gasteiger partial charge in [0, 0.05) is 6.42 Å². The molecule has 3 atom stereocenters. The summed E-state index contributed by atoms with van der Waals surface area (Å²) in [4.78, 5) is 57.7. The Hall–Kier alpha value is -2.69. The van der Waals surface area contributed by atoms with Gasteiger partial charge in [-0.15, -0.1) is 0 Å². The molecule has 0 aliphatic carbocycles. The fourth-order valence-corrected chi connectivity index (χ4v) is 2.09. The summed E-state index contributed by atoms with van der Waals surface area (Å²) in [6.45, 7) is 4.56. The van der Waals surface area contributed by atoms with Crippen LogP contribution in [0.1, 0.15) is 40.0 Å². The highest BCUT2D eigenvalue weighted by Crippen LogP contribution is 2.04. The molecule has 0 bridgehead atoms. The lowest BCUT2D eigenvalue weighted by Gasteiger charge is -2.21. The highest BCUT2D eigenvalue weighted by molar-refractivity contribution is 5.92. The summed E-state index contributed by atoms with van der Waals surface area (Å²) in [5, 5.41) is 15.6. The maximum absolute atomic E-state index is 12.2. The van der Waals surface area contributed by atoms with Crippen molar-refractivity contribution >= 4 is 29.6 Å². The highest BCUT2D eigenvalue weighted by Gasteiger charge is 2.25. The Bertz CT molecular complexity index is 566. The summed E-state index contributed by atoms with van der Waals surface area (Å²) in [7, 11) is 0. The molecule has 11 heteroatoms. The van der Waals surface area contributed by atoms with Crippen LogP contribution in [0, 0.1) is 5.92 Å². The SMILES string of the molecule is CC(C)CC(N)C(=O)NC(CCC(N)=O)C(=O)NCC(=O)NC(C)C(=O)O. The van der Waals surface area contributed by atoms with E-state index >= 15 is 0 Å². The van der Waals surface area contributed by atoms with E-state index in [1.807, 2.05) is 13.8 Å². The molecule has 0 fully saturated rings. The van der Waals surface area contributed by atoms with Crippen molar-refractivity contribution in [2.75, 3.05) is 6.54 Å². The lowest BCUT2D eigenvalue weighted by molar-refractivity contribution is -0.141. The van der Waals surface area contributed by atoms with Crippen molar-refractivity contribution < 1.29 is 29.1 Å². The fraction of sp³-hybridized carbons (Fsp3) is 0.688. The first-order valence-electron chi connectivity index (χ1n) is 8.58. The number of hydrogen-bond acceptors (Lipinski definition) is 6. The molecule has 4 amide bonds. The number of nitrogens with two attached hydrogens (primary N) is 2. The van der Waals surface area contributed by atoms with Crippen molar-refractivity contribution in [1.29, 1.82) is 0 Å². The van der Waals surface area contributed by atoms with Gasteiger partial charge in [0.15, 0.2) is 0 Å². The molecule has 0 rings (SSSR count). The number of amides is 4. The minimum absolute atomic E-state index is 0.0611. The Morgan fingerprint density at radius 1 is 1.00 bits per heavy atom. The zero-order valence-corrected chi connectivity index (χ0v) is 15.8. The van der Waals surface area contributed by atoms with Crippen LogP contribution < -0.4 is 27.4 Å². The number of carboxylic acid groups (broad SMARTS) is 1. The molecule has 0 spiro atoms. The van der Waals surface area contributed by atoms with Gasteiger partial charge >= 0.3 is 5.97 Å². The molecule has 0 aliphatic heterocycles. The van der Waals surface area contributed by atoms with E-state index in [0.717, 1.165) is 0 Å². The van der Waals surface area contributed by atoms with Crippen molar-refractivity contribution in [3.8, 4) is 0 Å². The summed E-state index contributed by atoms with van der Waals surface area (Å²) < 4.78 is 0. The van der Waals surface area contributed by atoms with E-state index in [1.165, 1.54) is 6.92 Å². The molecule has 0 radical (unpaired) electrons. The van der Waals surface area contributed by atoms with Gasteiger partial charge in [-0.25, -0.2) is 0 Å². The number of rotatable bonds is 12. The molecule has 0 aliphatic rings. The van der Waals surface area contributed by atoms with Crippen LogP contribution >= 0.6 is 0 Å². The molecule has 0 saturated heterocycles. The summed E-state index contributed by atoms with van der Waals surface area (Å²) in [6, 6.07) is -3.05. The van der Waals surface area contributed by atoms with Gasteiger partial charge in [0.2, 0.25) is 23.6 Å². The molecule has 0 aromatic heterocycles. The number of hydrogen-bond donors (Lipinski definition) is 6. The Labute approximate surface area is 157 Å². The molecule has 0 aromatic rings. The third kappa shape index (κ3) is 10.8. The fourth-order valence-electron chi connectivity index (χ4n) is 2.09. The zero-order valence-electron chi connectivity index (χ0n) is 15.8. The molecular formula is C16H29N5O6. The number of nitrogens with one attached hydrogen (secondary N) is 3. The Balaban J connectivity index is 4.79. The predicted molar refractivity (Wildman–Crippen MR) is 96.0 cm³/mol. The van der Waals surface area contributed by atoms with E-state index in [-0.39, 0.29) is 18.8 Å². The number of carbonyl (C=O) groups excluding carboxylic acids is 4. The average Bonchev–Trinajstić information content (AvgIpc) is 2.55. The first-order chi connectivity index (χ1) is 12.4. The van der Waals surface area contributed by atoms with Crippen LogP contribution in [0.4, 0.5) is 0 Å². The maximum Gasteiger partial charge on any atom is 0.325 e. The Kier molecular flexibility index (Phi) is 10.7. The molecule has 0 heterocycles. The zero-order chi connectivity index (χ0) is 21.1. The second kappa shape index (κ2) is 11.8. The molecule has 0 aromatic carbocycles. The van der Waals surface area contributed by atoms with Gasteiger partial charge in [0.1, 0.15) is 12.1 Å². The van der Waals surface area contributed by atoms with Crippen LogP contribution in [0.25, 0.3) is 0 Å². The standard InChI is InChI=1S/C16H29N5O6/c1-8(2)6-10(17)14(24)21-11(4-5-12(18)22)15(25)19-7-13(23)20-9(3)16(26)27/h8-11H,4-7,17H2,1-3H3,(H2,18,22)(H,19,25)(H,20,23)(H,21,24)(H,26,27). The van der Waals surface area contributed by atoms with Gasteiger partial charge in [-0.2, -0.15) is 0 Å². The van der Waals surface area contributed by atoms with Crippen LogP contribution in [0.15, 0.2) is 0 Å². The van der Waals surface area contributed by atoms with Gasteiger partial charge in [0.05, 0.1) is 12.6 Å². The topological polar surface area (TPSA) is 194 Å². The van der Waals surface area contributed by atoms with Crippen molar-refractivity contribution in [2.45, 2.75) is 58.2 Å². The van der Waals surface area contributed by atoms with Crippen molar-refractivity contribution in [1.82, 2.24) is 16.0 Å². The Morgan fingerprint density at radius 2 is 1.59 bits per heavy atom. The van der Waals surface area contributed by atoms with Crippen LogP contribution in [0.3, 0.4) is 0 Å². The van der Waals surface area contributed by atoms with Gasteiger partial charge in [-0.3, -0.25) is 24.0 Å². The van der Waals surface area contributed by atoms with Crippen LogP contribution in [0.5, 0.6) is 0 Å². The van der Waals surface area contributed by atoms with E-state index in [9.17, 15) is 24.0 Å². The van der Waals surface area contributed by atoms with Gasteiger partial charge < -0.3 is 32.5 Å².